The number of rotatable bonds is 9. The molecule has 0 fully saturated rings. The van der Waals surface area contributed by atoms with Crippen molar-refractivity contribution in [3.05, 3.63) is 142 Å². The molecule has 4 aromatic rings. The van der Waals surface area contributed by atoms with Crippen LogP contribution in [-0.4, -0.2) is 12.6 Å². The highest BCUT2D eigenvalue weighted by atomic mass is 16.5. The number of hydrogen-bond acceptors (Lipinski definition) is 4. The van der Waals surface area contributed by atoms with Crippen LogP contribution in [0.4, 0.5) is 11.4 Å². The first-order chi connectivity index (χ1) is 21.2. The maximum Gasteiger partial charge on any atom is 0.338 e. The molecular weight excluding hydrogens is 540 g/mol. The maximum atomic E-state index is 14.1. The van der Waals surface area contributed by atoms with Gasteiger partial charge in [0.05, 0.1) is 24.3 Å². The topological polar surface area (TPSA) is 41.6 Å². The first kappa shape index (κ1) is 31.1. The lowest BCUT2D eigenvalue weighted by molar-refractivity contribution is -0.139. The van der Waals surface area contributed by atoms with E-state index >= 15 is 0 Å². The van der Waals surface area contributed by atoms with E-state index in [1.807, 2.05) is 6.92 Å². The Kier molecular flexibility index (Phi) is 9.58. The predicted molar refractivity (Wildman–Crippen MR) is 183 cm³/mol. The van der Waals surface area contributed by atoms with E-state index in [4.69, 9.17) is 4.74 Å². The van der Waals surface area contributed by atoms with Crippen LogP contribution in [0.25, 0.3) is 0 Å². The van der Waals surface area contributed by atoms with Gasteiger partial charge in [-0.3, -0.25) is 0 Å². The van der Waals surface area contributed by atoms with E-state index in [0.717, 1.165) is 22.6 Å². The van der Waals surface area contributed by atoms with Gasteiger partial charge in [-0.2, -0.15) is 0 Å². The summed E-state index contributed by atoms with van der Waals surface area (Å²) in [6.45, 7) is 15.2. The lowest BCUT2D eigenvalue weighted by Crippen LogP contribution is -2.41. The molecule has 0 saturated carbocycles. The van der Waals surface area contributed by atoms with Crippen LogP contribution in [0.1, 0.15) is 98.3 Å². The molecule has 2 unspecified atom stereocenters. The van der Waals surface area contributed by atoms with E-state index in [-0.39, 0.29) is 18.1 Å². The molecular formula is C40H46N2O2. The monoisotopic (exact) mass is 586 g/mol. The zero-order valence-corrected chi connectivity index (χ0v) is 27.2. The molecule has 0 radical (unpaired) electrons. The number of carbonyl (C=O) groups excluding carboxylic acids is 1. The summed E-state index contributed by atoms with van der Waals surface area (Å²) in [5.41, 5.74) is 10.8. The van der Waals surface area contributed by atoms with Crippen molar-refractivity contribution < 1.29 is 9.53 Å². The standard InChI is InChI=1S/C40H46N2O2/c1-8-44-40(43)38-36(41-34-21-17-30(18-22-34)26(2)3)25-37(32-13-9-28(6)10-14-32)42(35-23-19-31(20-24-35)27(4)5)39(38)33-15-11-29(7)12-16-33/h9-24,26-27,37,39,41H,8,25H2,1-7H3. The third-order valence-electron chi connectivity index (χ3n) is 8.69. The smallest absolute Gasteiger partial charge is 0.338 e. The molecule has 4 heteroatoms. The van der Waals surface area contributed by atoms with Gasteiger partial charge < -0.3 is 15.0 Å². The number of nitrogens with zero attached hydrogens (tertiary/aromatic N) is 1. The zero-order chi connectivity index (χ0) is 31.4. The number of nitrogens with one attached hydrogen (secondary N) is 1. The van der Waals surface area contributed by atoms with Crippen molar-refractivity contribution in [1.29, 1.82) is 0 Å². The quantitative estimate of drug-likeness (QED) is 0.198. The molecule has 4 aromatic carbocycles. The van der Waals surface area contributed by atoms with Crippen molar-refractivity contribution in [3.63, 3.8) is 0 Å². The minimum Gasteiger partial charge on any atom is -0.463 e. The van der Waals surface area contributed by atoms with Crippen molar-refractivity contribution >= 4 is 17.3 Å². The van der Waals surface area contributed by atoms with Gasteiger partial charge in [-0.1, -0.05) is 112 Å². The van der Waals surface area contributed by atoms with Crippen molar-refractivity contribution in [2.45, 2.75) is 78.8 Å². The highest BCUT2D eigenvalue weighted by molar-refractivity contribution is 5.93. The van der Waals surface area contributed by atoms with Crippen LogP contribution < -0.4 is 10.2 Å². The minimum absolute atomic E-state index is 0.0255. The van der Waals surface area contributed by atoms with Crippen LogP contribution in [0, 0.1) is 13.8 Å². The summed E-state index contributed by atoms with van der Waals surface area (Å²) in [5.74, 6) is 0.588. The van der Waals surface area contributed by atoms with Gasteiger partial charge in [0.25, 0.3) is 0 Å². The Hall–Kier alpha value is -4.31. The molecule has 0 saturated heterocycles. The van der Waals surface area contributed by atoms with E-state index in [0.29, 0.717) is 30.4 Å². The molecule has 0 bridgehead atoms. The van der Waals surface area contributed by atoms with Crippen LogP contribution >= 0.6 is 0 Å². The van der Waals surface area contributed by atoms with Crippen molar-refractivity contribution in [2.24, 2.45) is 0 Å². The summed E-state index contributed by atoms with van der Waals surface area (Å²) < 4.78 is 5.80. The summed E-state index contributed by atoms with van der Waals surface area (Å²) >= 11 is 0. The maximum absolute atomic E-state index is 14.1. The van der Waals surface area contributed by atoms with Crippen LogP contribution in [0.2, 0.25) is 0 Å². The number of anilines is 2. The Labute approximate surface area is 263 Å². The molecule has 0 spiro atoms. The summed E-state index contributed by atoms with van der Waals surface area (Å²) in [7, 11) is 0. The van der Waals surface area contributed by atoms with E-state index in [2.05, 4.69) is 149 Å². The Morgan fingerprint density at radius 1 is 0.750 bits per heavy atom. The average Bonchev–Trinajstić information content (AvgIpc) is 3.01. The molecule has 44 heavy (non-hydrogen) atoms. The molecule has 1 heterocycles. The second-order valence-electron chi connectivity index (χ2n) is 12.6. The third kappa shape index (κ3) is 6.75. The fourth-order valence-electron chi connectivity index (χ4n) is 6.08. The van der Waals surface area contributed by atoms with Gasteiger partial charge in [0, 0.05) is 23.5 Å². The molecule has 5 rings (SSSR count). The third-order valence-corrected chi connectivity index (χ3v) is 8.69. The average molecular weight is 587 g/mol. The number of hydrogen-bond donors (Lipinski definition) is 1. The van der Waals surface area contributed by atoms with Crippen molar-refractivity contribution in [3.8, 4) is 0 Å². The highest BCUT2D eigenvalue weighted by Crippen LogP contribution is 2.48. The largest absolute Gasteiger partial charge is 0.463 e. The first-order valence-corrected chi connectivity index (χ1v) is 15.9. The minimum atomic E-state index is -0.364. The Balaban J connectivity index is 1.75. The second-order valence-corrected chi connectivity index (χ2v) is 12.6. The Morgan fingerprint density at radius 3 is 1.75 bits per heavy atom. The van der Waals surface area contributed by atoms with Gasteiger partial charge in [-0.15, -0.1) is 0 Å². The van der Waals surface area contributed by atoms with Gasteiger partial charge in [0.1, 0.15) is 0 Å². The van der Waals surface area contributed by atoms with E-state index in [9.17, 15) is 4.79 Å². The first-order valence-electron chi connectivity index (χ1n) is 15.9. The molecule has 1 aliphatic rings. The van der Waals surface area contributed by atoms with E-state index in [1.54, 1.807) is 0 Å². The fourth-order valence-corrected chi connectivity index (χ4v) is 6.08. The normalized spacial score (nSPS) is 16.9. The van der Waals surface area contributed by atoms with Crippen molar-refractivity contribution in [1.82, 2.24) is 0 Å². The van der Waals surface area contributed by atoms with Crippen LogP contribution in [0.5, 0.6) is 0 Å². The van der Waals surface area contributed by atoms with Gasteiger partial charge >= 0.3 is 5.97 Å². The van der Waals surface area contributed by atoms with Crippen LogP contribution in [-0.2, 0) is 9.53 Å². The lowest BCUT2D eigenvalue weighted by Gasteiger charge is -2.46. The number of ether oxygens (including phenoxy) is 1. The van der Waals surface area contributed by atoms with Gasteiger partial charge in [-0.25, -0.2) is 4.79 Å². The Morgan fingerprint density at radius 2 is 1.25 bits per heavy atom. The van der Waals surface area contributed by atoms with Crippen LogP contribution in [0.3, 0.4) is 0 Å². The predicted octanol–water partition coefficient (Wildman–Crippen LogP) is 10.2. The SMILES string of the molecule is CCOC(=O)C1=C(Nc2ccc(C(C)C)cc2)CC(c2ccc(C)cc2)N(c2ccc(C(C)C)cc2)C1c1ccc(C)cc1. The zero-order valence-electron chi connectivity index (χ0n) is 27.2. The van der Waals surface area contributed by atoms with E-state index in [1.165, 1.54) is 27.8 Å². The Bertz CT molecular complexity index is 1580. The summed E-state index contributed by atoms with van der Waals surface area (Å²) in [6, 6.07) is 34.4. The summed E-state index contributed by atoms with van der Waals surface area (Å²) in [5, 5.41) is 3.71. The lowest BCUT2D eigenvalue weighted by atomic mass is 9.83. The molecule has 0 amide bonds. The van der Waals surface area contributed by atoms with Gasteiger partial charge in [0.15, 0.2) is 0 Å². The number of benzene rings is 4. The molecule has 4 nitrogen and oxygen atoms in total. The summed E-state index contributed by atoms with van der Waals surface area (Å²) in [4.78, 5) is 16.5. The van der Waals surface area contributed by atoms with Crippen molar-refractivity contribution in [2.75, 3.05) is 16.8 Å². The highest BCUT2D eigenvalue weighted by Gasteiger charge is 2.41. The van der Waals surface area contributed by atoms with E-state index < -0.39 is 0 Å². The fraction of sp³-hybridized carbons (Fsp3) is 0.325. The van der Waals surface area contributed by atoms with Gasteiger partial charge in [0.2, 0.25) is 0 Å². The molecule has 0 aromatic heterocycles. The second kappa shape index (κ2) is 13.5. The van der Waals surface area contributed by atoms with Gasteiger partial charge in [-0.05, 0) is 79.1 Å². The summed E-state index contributed by atoms with van der Waals surface area (Å²) in [6.07, 6.45) is 0.622. The molecule has 1 aliphatic heterocycles. The molecule has 1 N–H and O–H groups in total. The molecule has 228 valence electrons. The number of carbonyl (C=O) groups is 1. The molecule has 0 aliphatic carbocycles. The molecule has 2 atom stereocenters. The number of aryl methyl sites for hydroxylation is 2. The van der Waals surface area contributed by atoms with Crippen LogP contribution in [0.15, 0.2) is 108 Å². The number of esters is 1.